The van der Waals surface area contributed by atoms with E-state index in [0.717, 1.165) is 11.8 Å². The Hall–Kier alpha value is -1.94. The minimum absolute atomic E-state index is 0.377. The standard InChI is InChI=1S/C10H17N7O2S/c1-11-10-16-8(7-9(17-10)14-6-13-7)12-4-3-5-15-20(2,18)19/h6,15H,3-5H2,1-2H3,(H3,11,12,13,14,16,17). The fourth-order valence-electron chi connectivity index (χ4n) is 1.63. The summed E-state index contributed by atoms with van der Waals surface area (Å²) in [6.45, 7) is 0.957. The molecule has 9 nitrogen and oxygen atoms in total. The molecule has 2 aromatic heterocycles. The van der Waals surface area contributed by atoms with E-state index in [2.05, 4.69) is 35.3 Å². The summed E-state index contributed by atoms with van der Waals surface area (Å²) in [5, 5.41) is 6.00. The van der Waals surface area contributed by atoms with Crippen molar-refractivity contribution < 1.29 is 8.42 Å². The highest BCUT2D eigenvalue weighted by Crippen LogP contribution is 2.17. The fourth-order valence-corrected chi connectivity index (χ4v) is 2.14. The van der Waals surface area contributed by atoms with Gasteiger partial charge in [0.2, 0.25) is 16.0 Å². The number of aromatic nitrogens is 4. The van der Waals surface area contributed by atoms with Crippen LogP contribution in [0.1, 0.15) is 6.42 Å². The highest BCUT2D eigenvalue weighted by molar-refractivity contribution is 7.88. The smallest absolute Gasteiger partial charge is 0.226 e. The van der Waals surface area contributed by atoms with Crippen molar-refractivity contribution in [1.29, 1.82) is 0 Å². The Morgan fingerprint density at radius 2 is 2.10 bits per heavy atom. The third-order valence-corrected chi connectivity index (χ3v) is 3.25. The largest absolute Gasteiger partial charge is 0.368 e. The first-order chi connectivity index (χ1) is 9.49. The van der Waals surface area contributed by atoms with Crippen molar-refractivity contribution in [2.45, 2.75) is 6.42 Å². The van der Waals surface area contributed by atoms with Gasteiger partial charge in [-0.15, -0.1) is 0 Å². The first-order valence-corrected chi connectivity index (χ1v) is 7.96. The molecule has 0 aromatic carbocycles. The number of aromatic amines is 1. The van der Waals surface area contributed by atoms with Gasteiger partial charge >= 0.3 is 0 Å². The molecule has 4 N–H and O–H groups in total. The number of H-pyrrole nitrogens is 1. The molecule has 0 radical (unpaired) electrons. The molecule has 2 aromatic rings. The third-order valence-electron chi connectivity index (χ3n) is 2.52. The lowest BCUT2D eigenvalue weighted by atomic mass is 10.4. The quantitative estimate of drug-likeness (QED) is 0.519. The Balaban J connectivity index is 1.97. The summed E-state index contributed by atoms with van der Waals surface area (Å²) in [6.07, 6.45) is 3.33. The molecular formula is C10H17N7O2S. The van der Waals surface area contributed by atoms with E-state index in [-0.39, 0.29) is 0 Å². The average Bonchev–Trinajstić information content (AvgIpc) is 2.84. The van der Waals surface area contributed by atoms with Crippen molar-refractivity contribution in [1.82, 2.24) is 24.7 Å². The number of nitrogens with zero attached hydrogens (tertiary/aromatic N) is 3. The lowest BCUT2D eigenvalue weighted by Gasteiger charge is -2.08. The van der Waals surface area contributed by atoms with Crippen molar-refractivity contribution in [3.8, 4) is 0 Å². The van der Waals surface area contributed by atoms with Crippen molar-refractivity contribution >= 4 is 33.0 Å². The topological polar surface area (TPSA) is 125 Å². The molecule has 0 aliphatic heterocycles. The molecule has 0 saturated carbocycles. The summed E-state index contributed by atoms with van der Waals surface area (Å²) in [7, 11) is -1.41. The maximum Gasteiger partial charge on any atom is 0.226 e. The van der Waals surface area contributed by atoms with E-state index in [9.17, 15) is 8.42 Å². The summed E-state index contributed by atoms with van der Waals surface area (Å²) in [6, 6.07) is 0. The monoisotopic (exact) mass is 299 g/mol. The van der Waals surface area contributed by atoms with Crippen LogP contribution in [0.5, 0.6) is 0 Å². The van der Waals surface area contributed by atoms with Crippen molar-refractivity contribution in [2.75, 3.05) is 37.0 Å². The van der Waals surface area contributed by atoms with Crippen molar-refractivity contribution in [2.24, 2.45) is 0 Å². The summed E-state index contributed by atoms with van der Waals surface area (Å²) in [5.74, 6) is 1.11. The number of rotatable bonds is 7. The first kappa shape index (κ1) is 14.5. The molecule has 10 heteroatoms. The predicted octanol–water partition coefficient (Wildman–Crippen LogP) is -0.254. The SMILES string of the molecule is CNc1nc(NCCCNS(C)(=O)=O)c2[nH]cnc2n1. The van der Waals surface area contributed by atoms with Crippen LogP contribution in [0.2, 0.25) is 0 Å². The van der Waals surface area contributed by atoms with Crippen molar-refractivity contribution in [3.63, 3.8) is 0 Å². The van der Waals surface area contributed by atoms with Crippen LogP contribution in [0.3, 0.4) is 0 Å². The van der Waals surface area contributed by atoms with Crippen LogP contribution < -0.4 is 15.4 Å². The number of imidazole rings is 1. The van der Waals surface area contributed by atoms with Crippen LogP contribution in [0.15, 0.2) is 6.33 Å². The van der Waals surface area contributed by atoms with Gasteiger partial charge in [-0.25, -0.2) is 18.1 Å². The zero-order valence-electron chi connectivity index (χ0n) is 11.3. The maximum absolute atomic E-state index is 10.9. The van der Waals surface area contributed by atoms with E-state index < -0.39 is 10.0 Å². The van der Waals surface area contributed by atoms with Gasteiger partial charge in [0.1, 0.15) is 5.52 Å². The van der Waals surface area contributed by atoms with Gasteiger partial charge in [0.15, 0.2) is 11.5 Å². The van der Waals surface area contributed by atoms with Gasteiger partial charge in [0, 0.05) is 20.1 Å². The van der Waals surface area contributed by atoms with Gasteiger partial charge in [-0.05, 0) is 6.42 Å². The summed E-state index contributed by atoms with van der Waals surface area (Å²) in [4.78, 5) is 15.5. The number of anilines is 2. The molecule has 0 aliphatic rings. The van der Waals surface area contributed by atoms with E-state index in [1.54, 1.807) is 13.4 Å². The lowest BCUT2D eigenvalue weighted by Crippen LogP contribution is -2.24. The highest BCUT2D eigenvalue weighted by Gasteiger charge is 2.08. The molecule has 0 amide bonds. The van der Waals surface area contributed by atoms with E-state index in [0.29, 0.717) is 36.9 Å². The normalized spacial score (nSPS) is 11.7. The molecule has 0 bridgehead atoms. The minimum atomic E-state index is -3.14. The molecule has 2 rings (SSSR count). The fraction of sp³-hybridized carbons (Fsp3) is 0.500. The predicted molar refractivity (Wildman–Crippen MR) is 77.2 cm³/mol. The highest BCUT2D eigenvalue weighted by atomic mass is 32.2. The first-order valence-electron chi connectivity index (χ1n) is 6.07. The van der Waals surface area contributed by atoms with Crippen LogP contribution in [-0.4, -0.2) is 54.7 Å². The van der Waals surface area contributed by atoms with Gasteiger partial charge in [-0.2, -0.15) is 9.97 Å². The Bertz CT molecular complexity index is 682. The number of nitrogens with one attached hydrogen (secondary N) is 4. The second-order valence-corrected chi connectivity index (χ2v) is 6.03. The maximum atomic E-state index is 10.9. The Kier molecular flexibility index (Phi) is 4.35. The zero-order chi connectivity index (χ0) is 14.6. The average molecular weight is 299 g/mol. The summed E-state index contributed by atoms with van der Waals surface area (Å²) in [5.41, 5.74) is 1.29. The van der Waals surface area contributed by atoms with Gasteiger partial charge in [-0.3, -0.25) is 0 Å². The van der Waals surface area contributed by atoms with E-state index in [1.165, 1.54) is 0 Å². The van der Waals surface area contributed by atoms with Crippen LogP contribution in [0.25, 0.3) is 11.2 Å². The van der Waals surface area contributed by atoms with E-state index >= 15 is 0 Å². The second kappa shape index (κ2) is 6.01. The van der Waals surface area contributed by atoms with Gasteiger partial charge in [0.25, 0.3) is 0 Å². The Labute approximate surface area is 116 Å². The van der Waals surface area contributed by atoms with Gasteiger partial charge in [-0.1, -0.05) is 0 Å². The molecule has 2 heterocycles. The number of sulfonamides is 1. The molecule has 0 aliphatic carbocycles. The molecule has 110 valence electrons. The molecule has 0 saturated heterocycles. The Morgan fingerprint density at radius 3 is 2.80 bits per heavy atom. The van der Waals surface area contributed by atoms with E-state index in [4.69, 9.17) is 0 Å². The summed E-state index contributed by atoms with van der Waals surface area (Å²) >= 11 is 0. The number of hydrogen-bond donors (Lipinski definition) is 4. The molecule has 0 atom stereocenters. The van der Waals surface area contributed by atoms with E-state index in [1.807, 2.05) is 0 Å². The molecule has 0 spiro atoms. The van der Waals surface area contributed by atoms with Crippen molar-refractivity contribution in [3.05, 3.63) is 6.33 Å². The van der Waals surface area contributed by atoms with Crippen LogP contribution in [0, 0.1) is 0 Å². The van der Waals surface area contributed by atoms with Gasteiger partial charge in [0.05, 0.1) is 12.6 Å². The summed E-state index contributed by atoms with van der Waals surface area (Å²) < 4.78 is 24.3. The van der Waals surface area contributed by atoms with Crippen LogP contribution in [0.4, 0.5) is 11.8 Å². The lowest BCUT2D eigenvalue weighted by molar-refractivity contribution is 0.586. The molecule has 20 heavy (non-hydrogen) atoms. The Morgan fingerprint density at radius 1 is 1.30 bits per heavy atom. The number of hydrogen-bond acceptors (Lipinski definition) is 7. The van der Waals surface area contributed by atoms with Gasteiger partial charge < -0.3 is 15.6 Å². The zero-order valence-corrected chi connectivity index (χ0v) is 12.1. The van der Waals surface area contributed by atoms with Crippen LogP contribution in [-0.2, 0) is 10.0 Å². The second-order valence-electron chi connectivity index (χ2n) is 4.19. The third kappa shape index (κ3) is 3.78. The molecule has 0 fully saturated rings. The minimum Gasteiger partial charge on any atom is -0.368 e. The van der Waals surface area contributed by atoms with Crippen LogP contribution >= 0.6 is 0 Å². The number of fused-ring (bicyclic) bond motifs is 1. The molecule has 0 unspecified atom stereocenters. The molecular weight excluding hydrogens is 282 g/mol.